The third-order valence-electron chi connectivity index (χ3n) is 6.85. The number of hydrogen-bond donors (Lipinski definition) is 3. The molecule has 0 saturated carbocycles. The molecule has 2 aromatic heterocycles. The van der Waals surface area contributed by atoms with E-state index >= 15 is 0 Å². The fourth-order valence-electron chi connectivity index (χ4n) is 5.05. The van der Waals surface area contributed by atoms with E-state index < -0.39 is 19.9 Å². The topological polar surface area (TPSA) is 128 Å². The second kappa shape index (κ2) is 7.24. The molecule has 0 amide bonds. The van der Waals surface area contributed by atoms with Crippen molar-refractivity contribution in [3.05, 3.63) is 56.9 Å². The molecule has 2 aliphatic heterocycles. The van der Waals surface area contributed by atoms with Gasteiger partial charge in [-0.15, -0.1) is 0 Å². The highest BCUT2D eigenvalue weighted by Crippen LogP contribution is 2.45. The molecule has 0 unspecified atom stereocenters. The number of hydrogen-bond acceptors (Lipinski definition) is 7. The third-order valence-corrected chi connectivity index (χ3v) is 8.32. The van der Waals surface area contributed by atoms with Crippen molar-refractivity contribution in [2.75, 3.05) is 5.73 Å². The summed E-state index contributed by atoms with van der Waals surface area (Å²) in [5.41, 5.74) is 8.56. The Hall–Kier alpha value is -3.01. The van der Waals surface area contributed by atoms with Crippen LogP contribution < -0.4 is 11.3 Å². The zero-order valence-electron chi connectivity index (χ0n) is 18.9. The second-order valence-electron chi connectivity index (χ2n) is 9.54. The van der Waals surface area contributed by atoms with Crippen LogP contribution in [0, 0.1) is 0 Å². The molecule has 9 heteroatoms. The van der Waals surface area contributed by atoms with Crippen LogP contribution in [0.5, 0.6) is 0 Å². The normalized spacial score (nSPS) is 19.2. The van der Waals surface area contributed by atoms with Crippen LogP contribution in [-0.2, 0) is 34.7 Å². The molecule has 0 fully saturated rings. The van der Waals surface area contributed by atoms with Crippen molar-refractivity contribution >= 4 is 30.9 Å². The van der Waals surface area contributed by atoms with Crippen LogP contribution in [0.2, 0.25) is 19.1 Å². The first-order valence-corrected chi connectivity index (χ1v) is 14.3. The molecule has 8 nitrogen and oxygen atoms in total. The van der Waals surface area contributed by atoms with E-state index in [1.54, 1.807) is 11.5 Å². The monoisotopic (exact) mass is 465 g/mol. The molecule has 33 heavy (non-hydrogen) atoms. The van der Waals surface area contributed by atoms with Gasteiger partial charge < -0.3 is 24.9 Å². The average Bonchev–Trinajstić information content (AvgIpc) is 3.16. The number of aliphatic hydroxyl groups is 1. The summed E-state index contributed by atoms with van der Waals surface area (Å²) in [7, 11) is -2.32. The van der Waals surface area contributed by atoms with Crippen LogP contribution in [0.3, 0.4) is 0 Å². The molecule has 3 aromatic rings. The van der Waals surface area contributed by atoms with Crippen LogP contribution in [0.15, 0.2) is 29.1 Å². The second-order valence-corrected chi connectivity index (χ2v) is 13.7. The molecular formula is C24H27N3O5Si. The predicted molar refractivity (Wildman–Crippen MR) is 127 cm³/mol. The number of esters is 1. The van der Waals surface area contributed by atoms with E-state index in [2.05, 4.69) is 0 Å². The van der Waals surface area contributed by atoms with Crippen LogP contribution >= 0.6 is 0 Å². The van der Waals surface area contributed by atoms with Gasteiger partial charge in [0, 0.05) is 16.5 Å². The summed E-state index contributed by atoms with van der Waals surface area (Å²) in [5, 5.41) is 12.1. The van der Waals surface area contributed by atoms with Gasteiger partial charge in [-0.3, -0.25) is 4.79 Å². The maximum Gasteiger partial charge on any atom is 0.343 e. The number of nitrogen functional groups attached to an aromatic ring is 1. The first-order chi connectivity index (χ1) is 15.6. The molecule has 0 saturated heterocycles. The van der Waals surface area contributed by atoms with Gasteiger partial charge in [-0.05, 0) is 43.6 Å². The Balaban J connectivity index is 1.81. The van der Waals surface area contributed by atoms with Gasteiger partial charge in [-0.2, -0.15) is 0 Å². The number of benzene rings is 1. The van der Waals surface area contributed by atoms with E-state index in [9.17, 15) is 19.5 Å². The Morgan fingerprint density at radius 2 is 1.97 bits per heavy atom. The van der Waals surface area contributed by atoms with Gasteiger partial charge in [0.05, 0.1) is 34.7 Å². The summed E-state index contributed by atoms with van der Waals surface area (Å²) in [5.74, 6) is -0.797. The number of fused-ring (bicyclic) bond motifs is 5. The smallest absolute Gasteiger partial charge is 0.343 e. The maximum absolute atomic E-state index is 13.5. The molecule has 0 radical (unpaired) electrons. The molecule has 4 N–H and O–H groups in total. The molecule has 0 bridgehead atoms. The number of anilines is 1. The van der Waals surface area contributed by atoms with Crippen LogP contribution in [0.25, 0.3) is 22.3 Å². The summed E-state index contributed by atoms with van der Waals surface area (Å²) in [6, 6.07) is 8.44. The number of aryl methyl sites for hydroxylation is 1. The quantitative estimate of drug-likeness (QED) is 0.312. The van der Waals surface area contributed by atoms with Gasteiger partial charge in [0.15, 0.2) is 13.9 Å². The molecule has 1 aromatic carbocycles. The van der Waals surface area contributed by atoms with Gasteiger partial charge in [0.25, 0.3) is 5.56 Å². The molecule has 1 atom stereocenters. The highest BCUT2D eigenvalue weighted by atomic mass is 28.4. The molecule has 2 aliphatic rings. The molecule has 5 rings (SSSR count). The van der Waals surface area contributed by atoms with Gasteiger partial charge in [0.1, 0.15) is 6.61 Å². The standard InChI is InChI=1S/C24H27N3O5Si/c1-4-24(30)18-16(12-32-23(24)29)22(28)27-11-15-13(9-10-33(2,3)31)14-7-5-6-8-17(14)26-20(15)21(27)19(18)25/h5-8,30-31H,4,9-12,25H2,1-3H3/t24-/m0/s1. The number of ether oxygens (including phenoxy) is 1. The summed E-state index contributed by atoms with van der Waals surface area (Å²) in [6.45, 7) is 5.54. The lowest BCUT2D eigenvalue weighted by atomic mass is 9.84. The number of pyridine rings is 2. The lowest BCUT2D eigenvalue weighted by Gasteiger charge is -2.33. The Morgan fingerprint density at radius 1 is 1.24 bits per heavy atom. The van der Waals surface area contributed by atoms with E-state index in [1.807, 2.05) is 37.4 Å². The van der Waals surface area contributed by atoms with Crippen LogP contribution in [-0.4, -0.2) is 33.7 Å². The maximum atomic E-state index is 13.5. The van der Waals surface area contributed by atoms with Gasteiger partial charge in [-0.1, -0.05) is 25.1 Å². The van der Waals surface area contributed by atoms with E-state index in [1.165, 1.54) is 0 Å². The van der Waals surface area contributed by atoms with Crippen LogP contribution in [0.4, 0.5) is 5.69 Å². The van der Waals surface area contributed by atoms with Crippen molar-refractivity contribution in [3.63, 3.8) is 0 Å². The number of rotatable bonds is 4. The minimum absolute atomic E-state index is 0.0331. The fraction of sp³-hybridized carbons (Fsp3) is 0.375. The van der Waals surface area contributed by atoms with Gasteiger partial charge in [0.2, 0.25) is 0 Å². The number of carbonyl (C=O) groups is 1. The number of cyclic esters (lactones) is 1. The fourth-order valence-corrected chi connectivity index (χ4v) is 5.91. The van der Waals surface area contributed by atoms with E-state index in [4.69, 9.17) is 15.5 Å². The molecule has 0 spiro atoms. The third kappa shape index (κ3) is 3.14. The summed E-state index contributed by atoms with van der Waals surface area (Å²) in [6.07, 6.45) is 0.690. The number of nitrogens with two attached hydrogens (primary N) is 1. The highest BCUT2D eigenvalue weighted by Gasteiger charge is 2.47. The molecule has 0 aliphatic carbocycles. The molecular weight excluding hydrogens is 438 g/mol. The predicted octanol–water partition coefficient (Wildman–Crippen LogP) is 2.40. The number of para-hydroxylation sites is 1. The lowest BCUT2D eigenvalue weighted by Crippen LogP contribution is -2.45. The Bertz CT molecular complexity index is 1390. The Morgan fingerprint density at radius 3 is 2.67 bits per heavy atom. The Labute approximate surface area is 191 Å². The minimum Gasteiger partial charge on any atom is -0.458 e. The summed E-state index contributed by atoms with van der Waals surface area (Å²) in [4.78, 5) is 41.3. The van der Waals surface area contributed by atoms with Crippen molar-refractivity contribution in [1.29, 1.82) is 0 Å². The van der Waals surface area contributed by atoms with Crippen molar-refractivity contribution < 1.29 is 19.4 Å². The summed E-state index contributed by atoms with van der Waals surface area (Å²) < 4.78 is 6.72. The Kier molecular flexibility index (Phi) is 4.79. The van der Waals surface area contributed by atoms with Gasteiger partial charge in [-0.25, -0.2) is 9.78 Å². The average molecular weight is 466 g/mol. The zero-order valence-corrected chi connectivity index (χ0v) is 19.9. The number of nitrogens with zero attached hydrogens (tertiary/aromatic N) is 2. The molecule has 4 heterocycles. The van der Waals surface area contributed by atoms with E-state index in [0.29, 0.717) is 30.4 Å². The molecule has 172 valence electrons. The highest BCUT2D eigenvalue weighted by molar-refractivity contribution is 6.69. The van der Waals surface area contributed by atoms with E-state index in [-0.39, 0.29) is 35.4 Å². The lowest BCUT2D eigenvalue weighted by molar-refractivity contribution is -0.172. The van der Waals surface area contributed by atoms with Crippen molar-refractivity contribution in [1.82, 2.24) is 9.55 Å². The number of aromatic nitrogens is 2. The zero-order chi connectivity index (χ0) is 23.7. The summed E-state index contributed by atoms with van der Waals surface area (Å²) >= 11 is 0. The largest absolute Gasteiger partial charge is 0.458 e. The van der Waals surface area contributed by atoms with E-state index in [0.717, 1.165) is 22.0 Å². The SMILES string of the molecule is CC[C@@]1(O)C(=O)OCc2c1c(N)c1n(c2=O)Cc2c-1nc1ccccc1c2CC[Si](C)(C)O. The van der Waals surface area contributed by atoms with Crippen molar-refractivity contribution in [2.24, 2.45) is 0 Å². The van der Waals surface area contributed by atoms with Crippen molar-refractivity contribution in [2.45, 2.75) is 57.7 Å². The first kappa shape index (κ1) is 21.8. The minimum atomic E-state index is -2.32. The van der Waals surface area contributed by atoms with Crippen molar-refractivity contribution in [3.8, 4) is 11.4 Å². The van der Waals surface area contributed by atoms with Crippen LogP contribution in [0.1, 0.15) is 35.6 Å². The number of carbonyl (C=O) groups excluding carboxylic acids is 1. The van der Waals surface area contributed by atoms with Gasteiger partial charge >= 0.3 is 5.97 Å². The first-order valence-electron chi connectivity index (χ1n) is 11.1.